The second-order valence-corrected chi connectivity index (χ2v) is 6.32. The highest BCUT2D eigenvalue weighted by atomic mass is 35.5. The lowest BCUT2D eigenvalue weighted by Gasteiger charge is -2.16. The molecule has 0 amide bonds. The zero-order valence-corrected chi connectivity index (χ0v) is 15.5. The molecule has 0 bridgehead atoms. The number of ether oxygens (including phenoxy) is 3. The van der Waals surface area contributed by atoms with Crippen molar-refractivity contribution < 1.29 is 19.0 Å². The number of hydrogen-bond donors (Lipinski definition) is 1. The van der Waals surface area contributed by atoms with E-state index >= 15 is 0 Å². The first-order chi connectivity index (χ1) is 12.4. The van der Waals surface area contributed by atoms with Crippen molar-refractivity contribution in [3.63, 3.8) is 0 Å². The predicted octanol–water partition coefficient (Wildman–Crippen LogP) is 3.53. The number of Topliss-reactive ketones (excluding diaryl/α,β-unsaturated/α-hetero) is 1. The Kier molecular flexibility index (Phi) is 4.95. The van der Waals surface area contributed by atoms with Crippen LogP contribution in [0.4, 0.5) is 11.4 Å². The zero-order valence-electron chi connectivity index (χ0n) is 14.7. The maximum absolute atomic E-state index is 12.7. The molecular formula is C19H19ClN2O4. The Bertz CT molecular complexity index is 893. The summed E-state index contributed by atoms with van der Waals surface area (Å²) in [4.78, 5) is 14.6. The van der Waals surface area contributed by atoms with Crippen molar-refractivity contribution in [3.05, 3.63) is 46.5 Å². The van der Waals surface area contributed by atoms with Gasteiger partial charge in [0.05, 0.1) is 23.5 Å². The number of methoxy groups -OCH3 is 1. The van der Waals surface area contributed by atoms with Crippen LogP contribution in [0.2, 0.25) is 0 Å². The van der Waals surface area contributed by atoms with Gasteiger partial charge < -0.3 is 24.8 Å². The topological polar surface area (TPSA) is 74.0 Å². The third kappa shape index (κ3) is 3.28. The number of rotatable bonds is 5. The summed E-state index contributed by atoms with van der Waals surface area (Å²) in [7, 11) is 5.23. The van der Waals surface area contributed by atoms with Crippen LogP contribution in [0.3, 0.4) is 0 Å². The normalized spacial score (nSPS) is 12.8. The number of allylic oxidation sites excluding steroid dienone is 1. The third-order valence-corrected chi connectivity index (χ3v) is 4.28. The molecule has 0 atom stereocenters. The number of benzene rings is 2. The number of anilines is 2. The predicted molar refractivity (Wildman–Crippen MR) is 102 cm³/mol. The molecule has 7 heteroatoms. The molecule has 1 heterocycles. The number of nitrogen functional groups attached to an aromatic ring is 1. The summed E-state index contributed by atoms with van der Waals surface area (Å²) in [5.41, 5.74) is 8.35. The van der Waals surface area contributed by atoms with Crippen molar-refractivity contribution in [2.24, 2.45) is 0 Å². The molecule has 1 aliphatic heterocycles. The number of hydrogen-bond acceptors (Lipinski definition) is 6. The van der Waals surface area contributed by atoms with Crippen molar-refractivity contribution in [1.82, 2.24) is 0 Å². The van der Waals surface area contributed by atoms with Crippen molar-refractivity contribution in [2.45, 2.75) is 0 Å². The van der Waals surface area contributed by atoms with Crippen LogP contribution in [0.1, 0.15) is 15.9 Å². The van der Waals surface area contributed by atoms with Gasteiger partial charge in [-0.25, -0.2) is 0 Å². The van der Waals surface area contributed by atoms with Crippen LogP contribution in [0.25, 0.3) is 6.08 Å². The minimum atomic E-state index is -0.311. The van der Waals surface area contributed by atoms with Crippen molar-refractivity contribution in [1.29, 1.82) is 0 Å². The molecule has 0 fully saturated rings. The molecule has 136 valence electrons. The fourth-order valence-corrected chi connectivity index (χ4v) is 2.93. The van der Waals surface area contributed by atoms with Crippen LogP contribution >= 0.6 is 11.6 Å². The molecular weight excluding hydrogens is 356 g/mol. The average molecular weight is 375 g/mol. The summed E-state index contributed by atoms with van der Waals surface area (Å²) in [6.07, 6.45) is 1.55. The fraction of sp³-hybridized carbons (Fsp3) is 0.211. The number of halogens is 1. The van der Waals surface area contributed by atoms with Crippen LogP contribution in [0.15, 0.2) is 35.4 Å². The lowest BCUT2D eigenvalue weighted by atomic mass is 10.1. The molecule has 0 saturated carbocycles. The Labute approximate surface area is 156 Å². The SMILES string of the molecule is COc1c(C=C(Cl)C(=O)c2ccc(N)c(N(C)C)c2)ccc2c1OCO2. The number of ketones is 1. The lowest BCUT2D eigenvalue weighted by molar-refractivity contribution is 0.104. The molecule has 26 heavy (non-hydrogen) atoms. The Morgan fingerprint density at radius 1 is 1.27 bits per heavy atom. The molecule has 2 N–H and O–H groups in total. The van der Waals surface area contributed by atoms with E-state index in [4.69, 9.17) is 31.5 Å². The summed E-state index contributed by atoms with van der Waals surface area (Å²) in [6, 6.07) is 8.56. The van der Waals surface area contributed by atoms with Gasteiger partial charge in [-0.3, -0.25) is 4.79 Å². The summed E-state index contributed by atoms with van der Waals surface area (Å²) < 4.78 is 16.1. The Hall–Kier alpha value is -2.86. The van der Waals surface area contributed by atoms with Gasteiger partial charge in [0.25, 0.3) is 0 Å². The maximum Gasteiger partial charge on any atom is 0.231 e. The molecule has 0 radical (unpaired) electrons. The monoisotopic (exact) mass is 374 g/mol. The van der Waals surface area contributed by atoms with E-state index in [1.807, 2.05) is 19.0 Å². The summed E-state index contributed by atoms with van der Waals surface area (Å²) in [6.45, 7) is 0.129. The average Bonchev–Trinajstić information content (AvgIpc) is 3.09. The van der Waals surface area contributed by atoms with E-state index in [-0.39, 0.29) is 17.6 Å². The van der Waals surface area contributed by atoms with E-state index < -0.39 is 0 Å². The first-order valence-electron chi connectivity index (χ1n) is 7.87. The van der Waals surface area contributed by atoms with Gasteiger partial charge in [0.1, 0.15) is 0 Å². The molecule has 0 spiro atoms. The first-order valence-corrected chi connectivity index (χ1v) is 8.25. The van der Waals surface area contributed by atoms with E-state index in [9.17, 15) is 4.79 Å². The number of carbonyl (C=O) groups is 1. The molecule has 0 unspecified atom stereocenters. The number of fused-ring (bicyclic) bond motifs is 1. The minimum Gasteiger partial charge on any atom is -0.492 e. The first kappa shape index (κ1) is 17.9. The van der Waals surface area contributed by atoms with E-state index in [0.717, 1.165) is 5.69 Å². The Balaban J connectivity index is 1.96. The maximum atomic E-state index is 12.7. The quantitative estimate of drug-likeness (QED) is 0.490. The Morgan fingerprint density at radius 2 is 2.04 bits per heavy atom. The molecule has 2 aromatic carbocycles. The number of nitrogens with zero attached hydrogens (tertiary/aromatic N) is 1. The summed E-state index contributed by atoms with van der Waals surface area (Å²) in [5.74, 6) is 1.25. The fourth-order valence-electron chi connectivity index (χ4n) is 2.70. The van der Waals surface area contributed by atoms with Gasteiger partial charge in [0, 0.05) is 25.2 Å². The summed E-state index contributed by atoms with van der Waals surface area (Å²) in [5, 5.41) is 0.0524. The van der Waals surface area contributed by atoms with Gasteiger partial charge >= 0.3 is 0 Å². The van der Waals surface area contributed by atoms with Gasteiger partial charge in [-0.15, -0.1) is 0 Å². The third-order valence-electron chi connectivity index (χ3n) is 4.00. The van der Waals surface area contributed by atoms with E-state index in [0.29, 0.717) is 34.1 Å². The van der Waals surface area contributed by atoms with Crippen molar-refractivity contribution in [3.8, 4) is 17.2 Å². The number of nitrogens with two attached hydrogens (primary N) is 1. The van der Waals surface area contributed by atoms with Gasteiger partial charge in [0.15, 0.2) is 11.5 Å². The Morgan fingerprint density at radius 3 is 2.73 bits per heavy atom. The van der Waals surface area contributed by atoms with Crippen molar-refractivity contribution >= 4 is 34.8 Å². The zero-order chi connectivity index (χ0) is 18.8. The second-order valence-electron chi connectivity index (χ2n) is 5.91. The van der Waals surface area contributed by atoms with E-state index in [2.05, 4.69) is 0 Å². The highest BCUT2D eigenvalue weighted by Gasteiger charge is 2.22. The van der Waals surface area contributed by atoms with Gasteiger partial charge in [-0.1, -0.05) is 11.6 Å². The van der Waals surface area contributed by atoms with Crippen LogP contribution in [-0.4, -0.2) is 33.8 Å². The largest absolute Gasteiger partial charge is 0.492 e. The standard InChI is InChI=1S/C19H19ClN2O4/c1-22(2)15-9-11(4-6-14(15)21)17(23)13(20)8-12-5-7-16-19(18(12)24-3)26-10-25-16/h4-9H,10,21H2,1-3H3. The van der Waals surface area contributed by atoms with E-state index in [1.165, 1.54) is 7.11 Å². The lowest BCUT2D eigenvalue weighted by Crippen LogP contribution is -2.12. The van der Waals surface area contributed by atoms with Gasteiger partial charge in [-0.2, -0.15) is 0 Å². The van der Waals surface area contributed by atoms with Gasteiger partial charge in [-0.05, 0) is 36.4 Å². The van der Waals surface area contributed by atoms with Crippen molar-refractivity contribution in [2.75, 3.05) is 38.6 Å². The van der Waals surface area contributed by atoms with E-state index in [1.54, 1.807) is 36.4 Å². The highest BCUT2D eigenvalue weighted by molar-refractivity contribution is 6.47. The second kappa shape index (κ2) is 7.17. The molecule has 0 aromatic heterocycles. The molecule has 3 rings (SSSR count). The minimum absolute atomic E-state index is 0.0524. The smallest absolute Gasteiger partial charge is 0.231 e. The summed E-state index contributed by atoms with van der Waals surface area (Å²) >= 11 is 6.29. The van der Waals surface area contributed by atoms with Gasteiger partial charge in [0.2, 0.25) is 18.3 Å². The number of carbonyl (C=O) groups excluding carboxylic acids is 1. The molecule has 0 aliphatic carbocycles. The highest BCUT2D eigenvalue weighted by Crippen LogP contribution is 2.44. The van der Waals surface area contributed by atoms with Crippen LogP contribution in [0, 0.1) is 0 Å². The van der Waals surface area contributed by atoms with Crippen LogP contribution < -0.4 is 24.8 Å². The van der Waals surface area contributed by atoms with Crippen LogP contribution in [0.5, 0.6) is 17.2 Å². The molecule has 6 nitrogen and oxygen atoms in total. The molecule has 1 aliphatic rings. The molecule has 2 aromatic rings. The molecule has 0 saturated heterocycles. The van der Waals surface area contributed by atoms with Crippen LogP contribution in [-0.2, 0) is 0 Å².